The lowest BCUT2D eigenvalue weighted by Crippen LogP contribution is -2.14. The molecule has 5 nitrogen and oxygen atoms in total. The van der Waals surface area contributed by atoms with Gasteiger partial charge in [0.05, 0.1) is 5.69 Å². The van der Waals surface area contributed by atoms with E-state index in [1.54, 1.807) is 0 Å². The van der Waals surface area contributed by atoms with Crippen molar-refractivity contribution < 1.29 is 0 Å². The van der Waals surface area contributed by atoms with Crippen LogP contribution in [0.2, 0.25) is 5.02 Å². The molecule has 0 bridgehead atoms. The lowest BCUT2D eigenvalue weighted by Gasteiger charge is -2.15. The zero-order chi connectivity index (χ0) is 15.6. The summed E-state index contributed by atoms with van der Waals surface area (Å²) in [6.07, 6.45) is 0. The molecule has 1 aromatic heterocycles. The first-order valence-electron chi connectivity index (χ1n) is 6.49. The molecule has 0 aliphatic heterocycles. The van der Waals surface area contributed by atoms with Gasteiger partial charge in [0.1, 0.15) is 17.5 Å². The number of hydrogen-bond acceptors (Lipinski definition) is 5. The highest BCUT2D eigenvalue weighted by Crippen LogP contribution is 2.29. The maximum absolute atomic E-state index is 5.98. The first-order valence-corrected chi connectivity index (χ1v) is 7.95. The molecule has 7 heteroatoms. The van der Waals surface area contributed by atoms with Crippen LogP contribution < -0.4 is 16.6 Å². The van der Waals surface area contributed by atoms with Gasteiger partial charge >= 0.3 is 0 Å². The average molecular weight is 418 g/mol. The number of nitrogen functional groups attached to an aromatic ring is 1. The SMILES string of the molecule is Cc1c(NN)nc(C(C)C)nc1Nc1ccc(Cl)cc1I. The molecule has 0 radical (unpaired) electrons. The molecule has 112 valence electrons. The molecule has 0 atom stereocenters. The largest absolute Gasteiger partial charge is 0.339 e. The smallest absolute Gasteiger partial charge is 0.148 e. The summed E-state index contributed by atoms with van der Waals surface area (Å²) >= 11 is 8.21. The van der Waals surface area contributed by atoms with E-state index in [-0.39, 0.29) is 5.92 Å². The molecule has 21 heavy (non-hydrogen) atoms. The molecular weight excluding hydrogens is 401 g/mol. The first kappa shape index (κ1) is 16.3. The molecule has 4 N–H and O–H groups in total. The summed E-state index contributed by atoms with van der Waals surface area (Å²) in [5.41, 5.74) is 4.44. The van der Waals surface area contributed by atoms with E-state index in [0.29, 0.717) is 10.8 Å². The predicted octanol–water partition coefficient (Wildman–Crippen LogP) is 4.20. The third-order valence-corrected chi connectivity index (χ3v) is 4.13. The fraction of sp³-hybridized carbons (Fsp3) is 0.286. The Kier molecular flexibility index (Phi) is 5.23. The second kappa shape index (κ2) is 6.76. The second-order valence-corrected chi connectivity index (χ2v) is 6.55. The normalized spacial score (nSPS) is 10.8. The molecule has 0 saturated heterocycles. The molecule has 0 amide bonds. The van der Waals surface area contributed by atoms with E-state index in [1.165, 1.54) is 0 Å². The fourth-order valence-corrected chi connectivity index (χ4v) is 2.78. The predicted molar refractivity (Wildman–Crippen MR) is 96.1 cm³/mol. The monoisotopic (exact) mass is 417 g/mol. The lowest BCUT2D eigenvalue weighted by atomic mass is 10.2. The minimum Gasteiger partial charge on any atom is -0.339 e. The van der Waals surface area contributed by atoms with Crippen LogP contribution in [0, 0.1) is 10.5 Å². The van der Waals surface area contributed by atoms with E-state index in [0.717, 1.165) is 26.5 Å². The quantitative estimate of drug-likeness (QED) is 0.395. The molecule has 0 saturated carbocycles. The number of rotatable bonds is 4. The van der Waals surface area contributed by atoms with Crippen LogP contribution in [0.3, 0.4) is 0 Å². The van der Waals surface area contributed by atoms with Crippen LogP contribution in [-0.2, 0) is 0 Å². The van der Waals surface area contributed by atoms with Crippen molar-refractivity contribution in [2.45, 2.75) is 26.7 Å². The Bertz CT molecular complexity index is 660. The highest BCUT2D eigenvalue weighted by Gasteiger charge is 2.13. The van der Waals surface area contributed by atoms with Gasteiger partial charge in [-0.3, -0.25) is 0 Å². The van der Waals surface area contributed by atoms with E-state index in [9.17, 15) is 0 Å². The summed E-state index contributed by atoms with van der Waals surface area (Å²) in [7, 11) is 0. The number of benzene rings is 1. The molecule has 1 aromatic carbocycles. The van der Waals surface area contributed by atoms with Gasteiger partial charge in [-0.05, 0) is 47.7 Å². The Morgan fingerprint density at radius 3 is 2.48 bits per heavy atom. The molecule has 0 spiro atoms. The van der Waals surface area contributed by atoms with Crippen molar-refractivity contribution in [2.75, 3.05) is 10.7 Å². The Morgan fingerprint density at radius 2 is 1.90 bits per heavy atom. The number of halogens is 2. The molecule has 1 heterocycles. The van der Waals surface area contributed by atoms with Crippen molar-refractivity contribution >= 4 is 51.5 Å². The van der Waals surface area contributed by atoms with Gasteiger partial charge in [0, 0.05) is 20.1 Å². The highest BCUT2D eigenvalue weighted by molar-refractivity contribution is 14.1. The van der Waals surface area contributed by atoms with E-state index in [4.69, 9.17) is 17.4 Å². The van der Waals surface area contributed by atoms with Crippen LogP contribution in [0.5, 0.6) is 0 Å². The van der Waals surface area contributed by atoms with Gasteiger partial charge in [-0.2, -0.15) is 0 Å². The third-order valence-electron chi connectivity index (χ3n) is 3.00. The van der Waals surface area contributed by atoms with E-state index >= 15 is 0 Å². The van der Waals surface area contributed by atoms with Crippen molar-refractivity contribution in [1.82, 2.24) is 9.97 Å². The maximum Gasteiger partial charge on any atom is 0.148 e. The molecule has 0 fully saturated rings. The fourth-order valence-electron chi connectivity index (χ4n) is 1.77. The Morgan fingerprint density at radius 1 is 1.24 bits per heavy atom. The molecule has 0 aliphatic rings. The number of hydrogen-bond donors (Lipinski definition) is 3. The number of nitrogens with one attached hydrogen (secondary N) is 2. The molecular formula is C14H17ClIN5. The second-order valence-electron chi connectivity index (χ2n) is 4.95. The van der Waals surface area contributed by atoms with Gasteiger partial charge in [0.2, 0.25) is 0 Å². The number of hydrazine groups is 1. The number of nitrogens with two attached hydrogens (primary N) is 1. The van der Waals surface area contributed by atoms with E-state index in [1.807, 2.05) is 39.0 Å². The molecule has 2 rings (SSSR count). The van der Waals surface area contributed by atoms with Crippen molar-refractivity contribution in [2.24, 2.45) is 5.84 Å². The lowest BCUT2D eigenvalue weighted by molar-refractivity contribution is 0.774. The van der Waals surface area contributed by atoms with E-state index in [2.05, 4.69) is 43.3 Å². The van der Waals surface area contributed by atoms with Crippen molar-refractivity contribution in [3.63, 3.8) is 0 Å². The average Bonchev–Trinajstić information content (AvgIpc) is 2.43. The van der Waals surface area contributed by atoms with Crippen LogP contribution in [0.4, 0.5) is 17.3 Å². The molecule has 0 aliphatic carbocycles. The van der Waals surface area contributed by atoms with Gasteiger partial charge in [0.25, 0.3) is 0 Å². The van der Waals surface area contributed by atoms with Crippen LogP contribution in [0.15, 0.2) is 18.2 Å². The van der Waals surface area contributed by atoms with Crippen LogP contribution in [-0.4, -0.2) is 9.97 Å². The Balaban J connectivity index is 2.45. The maximum atomic E-state index is 5.98. The molecule has 2 aromatic rings. The summed E-state index contributed by atoms with van der Waals surface area (Å²) in [6, 6.07) is 5.66. The van der Waals surface area contributed by atoms with Gasteiger partial charge in [-0.15, -0.1) is 0 Å². The van der Waals surface area contributed by atoms with E-state index < -0.39 is 0 Å². The highest BCUT2D eigenvalue weighted by atomic mass is 127. The molecule has 0 unspecified atom stereocenters. The summed E-state index contributed by atoms with van der Waals surface area (Å²) in [5.74, 6) is 7.85. The summed E-state index contributed by atoms with van der Waals surface area (Å²) in [4.78, 5) is 9.00. The zero-order valence-electron chi connectivity index (χ0n) is 12.0. The number of anilines is 3. The van der Waals surface area contributed by atoms with Crippen LogP contribution in [0.1, 0.15) is 31.2 Å². The van der Waals surface area contributed by atoms with Crippen molar-refractivity contribution in [3.8, 4) is 0 Å². The van der Waals surface area contributed by atoms with Crippen molar-refractivity contribution in [3.05, 3.63) is 38.2 Å². The van der Waals surface area contributed by atoms with Crippen molar-refractivity contribution in [1.29, 1.82) is 0 Å². The number of nitrogens with zero attached hydrogens (tertiary/aromatic N) is 2. The standard InChI is InChI=1S/C14H17ClIN5/c1-7(2)12-19-13(8(3)14(20-12)21-17)18-11-5-4-9(15)6-10(11)16/h4-7H,17H2,1-3H3,(H2,18,19,20,21). The summed E-state index contributed by atoms with van der Waals surface area (Å²) in [5, 5.41) is 4.03. The Hall–Kier alpha value is -1.12. The summed E-state index contributed by atoms with van der Waals surface area (Å²) in [6.45, 7) is 6.01. The van der Waals surface area contributed by atoms with Crippen LogP contribution >= 0.6 is 34.2 Å². The minimum absolute atomic E-state index is 0.211. The Labute approximate surface area is 142 Å². The van der Waals surface area contributed by atoms with Gasteiger partial charge in [0.15, 0.2) is 0 Å². The first-order chi connectivity index (χ1) is 9.92. The van der Waals surface area contributed by atoms with Gasteiger partial charge in [-0.25, -0.2) is 15.8 Å². The third kappa shape index (κ3) is 3.75. The minimum atomic E-state index is 0.211. The topological polar surface area (TPSA) is 75.9 Å². The summed E-state index contributed by atoms with van der Waals surface area (Å²) < 4.78 is 1.02. The van der Waals surface area contributed by atoms with Crippen LogP contribution in [0.25, 0.3) is 0 Å². The van der Waals surface area contributed by atoms with Gasteiger partial charge < -0.3 is 10.7 Å². The van der Waals surface area contributed by atoms with Gasteiger partial charge in [-0.1, -0.05) is 25.4 Å². The number of aromatic nitrogens is 2. The zero-order valence-corrected chi connectivity index (χ0v) is 15.0.